The van der Waals surface area contributed by atoms with Crippen molar-refractivity contribution in [1.82, 2.24) is 10.3 Å². The molecule has 1 atom stereocenters. The number of carbonyl (C=O) groups excluding carboxylic acids is 1. The van der Waals surface area contributed by atoms with Gasteiger partial charge in [-0.25, -0.2) is 5.84 Å². The van der Waals surface area contributed by atoms with Crippen LogP contribution in [0.15, 0.2) is 22.7 Å². The third-order valence-corrected chi connectivity index (χ3v) is 4.26. The van der Waals surface area contributed by atoms with Crippen LogP contribution >= 0.6 is 15.9 Å². The normalized spacial score (nSPS) is 19.9. The van der Waals surface area contributed by atoms with Crippen molar-refractivity contribution in [2.24, 2.45) is 5.84 Å². The number of benzene rings is 1. The summed E-state index contributed by atoms with van der Waals surface area (Å²) in [7, 11) is 0. The zero-order valence-electron chi connectivity index (χ0n) is 11.6. The second kappa shape index (κ2) is 7.17. The zero-order chi connectivity index (χ0) is 14.5. The third kappa shape index (κ3) is 3.79. The van der Waals surface area contributed by atoms with Gasteiger partial charge in [-0.2, -0.15) is 0 Å². The smallest absolute Gasteiger partial charge is 0.265 e. The van der Waals surface area contributed by atoms with Crippen molar-refractivity contribution >= 4 is 21.8 Å². The van der Waals surface area contributed by atoms with Crippen LogP contribution in [0, 0.1) is 0 Å². The monoisotopic (exact) mass is 341 g/mol. The highest BCUT2D eigenvalue weighted by molar-refractivity contribution is 9.10. The van der Waals surface area contributed by atoms with Crippen LogP contribution in [0.2, 0.25) is 0 Å². The fraction of sp³-hybridized carbons (Fsp3) is 0.500. The van der Waals surface area contributed by atoms with Crippen molar-refractivity contribution in [2.45, 2.75) is 26.0 Å². The summed E-state index contributed by atoms with van der Waals surface area (Å²) in [6.45, 7) is 5.67. The molecule has 0 saturated carbocycles. The van der Waals surface area contributed by atoms with Crippen molar-refractivity contribution in [1.29, 1.82) is 0 Å². The molecule has 1 fully saturated rings. The van der Waals surface area contributed by atoms with Gasteiger partial charge in [0.2, 0.25) is 0 Å². The first-order valence-corrected chi connectivity index (χ1v) is 7.56. The number of nitrogen functional groups attached to an aromatic ring is 1. The number of hydrazine groups is 1. The Bertz CT molecular complexity index is 481. The Balaban J connectivity index is 2.04. The topological polar surface area (TPSA) is 67.6 Å². The standard InChI is InChI=1S/C14H20BrN3O2/c1-2-12-9-18(5-6-20-12)8-11-4-3-10(7-13(11)15)14(19)17-16/h3-4,7,12H,2,5-6,8-9,16H2,1H3,(H,17,19). The van der Waals surface area contributed by atoms with Crippen molar-refractivity contribution in [2.75, 3.05) is 19.7 Å². The SMILES string of the molecule is CCC1CN(Cc2ccc(C(=O)NN)cc2Br)CCO1. The van der Waals surface area contributed by atoms with Gasteiger partial charge < -0.3 is 4.74 Å². The van der Waals surface area contributed by atoms with Crippen LogP contribution < -0.4 is 11.3 Å². The molecule has 0 radical (unpaired) electrons. The van der Waals surface area contributed by atoms with E-state index in [1.165, 1.54) is 0 Å². The number of amides is 1. The first kappa shape index (κ1) is 15.4. The molecule has 0 aliphatic carbocycles. The lowest BCUT2D eigenvalue weighted by Gasteiger charge is -2.32. The molecule has 0 bridgehead atoms. The molecule has 6 heteroatoms. The van der Waals surface area contributed by atoms with Crippen molar-refractivity contribution in [3.8, 4) is 0 Å². The lowest BCUT2D eigenvalue weighted by molar-refractivity contribution is -0.0325. The molecule has 1 aliphatic rings. The van der Waals surface area contributed by atoms with Crippen LogP contribution in [-0.2, 0) is 11.3 Å². The van der Waals surface area contributed by atoms with Crippen LogP contribution in [-0.4, -0.2) is 36.6 Å². The molecule has 5 nitrogen and oxygen atoms in total. The third-order valence-electron chi connectivity index (χ3n) is 3.52. The van der Waals surface area contributed by atoms with Gasteiger partial charge in [0.1, 0.15) is 0 Å². The number of nitrogens with one attached hydrogen (secondary N) is 1. The maximum absolute atomic E-state index is 11.5. The van der Waals surface area contributed by atoms with Crippen LogP contribution in [0.3, 0.4) is 0 Å². The lowest BCUT2D eigenvalue weighted by atomic mass is 10.1. The Morgan fingerprint density at radius 2 is 2.40 bits per heavy atom. The van der Waals surface area contributed by atoms with Gasteiger partial charge in [0.15, 0.2) is 0 Å². The highest BCUT2D eigenvalue weighted by Gasteiger charge is 2.19. The summed E-state index contributed by atoms with van der Waals surface area (Å²) in [5.74, 6) is 4.85. The van der Waals surface area contributed by atoms with Gasteiger partial charge in [0.25, 0.3) is 5.91 Å². The van der Waals surface area contributed by atoms with Gasteiger partial charge >= 0.3 is 0 Å². The van der Waals surface area contributed by atoms with E-state index in [2.05, 4.69) is 33.2 Å². The maximum Gasteiger partial charge on any atom is 0.265 e. The van der Waals surface area contributed by atoms with E-state index in [9.17, 15) is 4.79 Å². The number of ether oxygens (including phenoxy) is 1. The van der Waals surface area contributed by atoms with Crippen LogP contribution in [0.1, 0.15) is 29.3 Å². The quantitative estimate of drug-likeness (QED) is 0.496. The Labute approximate surface area is 127 Å². The average Bonchev–Trinajstić information content (AvgIpc) is 2.48. The molecular weight excluding hydrogens is 322 g/mol. The molecule has 1 heterocycles. The molecule has 0 aromatic heterocycles. The minimum absolute atomic E-state index is 0.283. The largest absolute Gasteiger partial charge is 0.376 e. The Morgan fingerprint density at radius 3 is 3.05 bits per heavy atom. The molecule has 1 aliphatic heterocycles. The number of hydrogen-bond acceptors (Lipinski definition) is 4. The second-order valence-electron chi connectivity index (χ2n) is 4.92. The van der Waals surface area contributed by atoms with Crippen LogP contribution in [0.25, 0.3) is 0 Å². The molecule has 2 rings (SSSR count). The van der Waals surface area contributed by atoms with E-state index < -0.39 is 0 Å². The summed E-state index contributed by atoms with van der Waals surface area (Å²) in [5.41, 5.74) is 3.85. The molecule has 1 saturated heterocycles. The highest BCUT2D eigenvalue weighted by atomic mass is 79.9. The fourth-order valence-electron chi connectivity index (χ4n) is 2.31. The number of nitrogens with zero attached hydrogens (tertiary/aromatic N) is 1. The molecule has 0 spiro atoms. The maximum atomic E-state index is 11.5. The van der Waals surface area contributed by atoms with Crippen LogP contribution in [0.4, 0.5) is 0 Å². The van der Waals surface area contributed by atoms with Gasteiger partial charge in [-0.15, -0.1) is 0 Å². The summed E-state index contributed by atoms with van der Waals surface area (Å²) in [6, 6.07) is 5.56. The Hall–Kier alpha value is -0.950. The predicted molar refractivity (Wildman–Crippen MR) is 81.1 cm³/mol. The van der Waals surface area contributed by atoms with Crippen LogP contribution in [0.5, 0.6) is 0 Å². The molecule has 110 valence electrons. The van der Waals surface area contributed by atoms with E-state index in [0.717, 1.165) is 42.7 Å². The van der Waals surface area contributed by atoms with E-state index in [1.807, 2.05) is 6.07 Å². The highest BCUT2D eigenvalue weighted by Crippen LogP contribution is 2.21. The molecule has 3 N–H and O–H groups in total. The average molecular weight is 342 g/mol. The molecule has 1 amide bonds. The van der Waals surface area contributed by atoms with Gasteiger partial charge in [0.05, 0.1) is 12.7 Å². The van der Waals surface area contributed by atoms with Gasteiger partial charge in [-0.05, 0) is 24.1 Å². The van der Waals surface area contributed by atoms with Crippen molar-refractivity contribution < 1.29 is 9.53 Å². The first-order chi connectivity index (χ1) is 9.63. The van der Waals surface area contributed by atoms with Gasteiger partial charge in [-0.1, -0.05) is 28.9 Å². The van der Waals surface area contributed by atoms with E-state index >= 15 is 0 Å². The van der Waals surface area contributed by atoms with E-state index in [0.29, 0.717) is 11.7 Å². The summed E-state index contributed by atoms with van der Waals surface area (Å²) in [6.07, 6.45) is 1.36. The molecule has 1 unspecified atom stereocenters. The number of carbonyl (C=O) groups is 1. The van der Waals surface area contributed by atoms with E-state index in [1.54, 1.807) is 12.1 Å². The fourth-order valence-corrected chi connectivity index (χ4v) is 2.82. The number of rotatable bonds is 4. The van der Waals surface area contributed by atoms with Crippen molar-refractivity contribution in [3.63, 3.8) is 0 Å². The molecule has 20 heavy (non-hydrogen) atoms. The summed E-state index contributed by atoms with van der Waals surface area (Å²) in [4.78, 5) is 13.8. The van der Waals surface area contributed by atoms with Crippen molar-refractivity contribution in [3.05, 3.63) is 33.8 Å². The van der Waals surface area contributed by atoms with E-state index in [4.69, 9.17) is 10.6 Å². The molecule has 1 aromatic carbocycles. The van der Waals surface area contributed by atoms with E-state index in [-0.39, 0.29) is 5.91 Å². The predicted octanol–water partition coefficient (Wildman–Crippen LogP) is 1.66. The summed E-state index contributed by atoms with van der Waals surface area (Å²) in [5, 5.41) is 0. The zero-order valence-corrected chi connectivity index (χ0v) is 13.1. The minimum atomic E-state index is -0.283. The number of nitrogens with two attached hydrogens (primary N) is 1. The minimum Gasteiger partial charge on any atom is -0.376 e. The Kier molecular flexibility index (Phi) is 5.54. The van der Waals surface area contributed by atoms with Gasteiger partial charge in [0, 0.05) is 29.7 Å². The lowest BCUT2D eigenvalue weighted by Crippen LogP contribution is -2.41. The first-order valence-electron chi connectivity index (χ1n) is 6.77. The number of morpholine rings is 1. The summed E-state index contributed by atoms with van der Waals surface area (Å²) >= 11 is 3.52. The molecule has 1 aromatic rings. The Morgan fingerprint density at radius 1 is 1.60 bits per heavy atom. The summed E-state index contributed by atoms with van der Waals surface area (Å²) < 4.78 is 6.60. The second-order valence-corrected chi connectivity index (χ2v) is 5.77. The molecular formula is C14H20BrN3O2. The number of halogens is 1. The van der Waals surface area contributed by atoms with Gasteiger partial charge in [-0.3, -0.25) is 15.1 Å². The number of hydrogen-bond donors (Lipinski definition) is 2.